The molecular formula is C24H37N3O3. The molecule has 0 fully saturated rings. The van der Waals surface area contributed by atoms with E-state index in [9.17, 15) is 5.11 Å². The molecule has 0 heterocycles. The largest absolute Gasteiger partial charge is 0.395 e. The van der Waals surface area contributed by atoms with Crippen LogP contribution in [0.3, 0.4) is 0 Å². The first-order valence-electron chi connectivity index (χ1n) is 10.9. The lowest BCUT2D eigenvalue weighted by Gasteiger charge is -2.21. The Balaban J connectivity index is 1.42. The summed E-state index contributed by atoms with van der Waals surface area (Å²) >= 11 is 0. The van der Waals surface area contributed by atoms with Crippen molar-refractivity contribution < 1.29 is 14.6 Å². The summed E-state index contributed by atoms with van der Waals surface area (Å²) in [5, 5.41) is 16.0. The van der Waals surface area contributed by atoms with Crippen molar-refractivity contribution in [2.75, 3.05) is 65.8 Å². The summed E-state index contributed by atoms with van der Waals surface area (Å²) in [6.07, 6.45) is 0. The lowest BCUT2D eigenvalue weighted by Crippen LogP contribution is -2.34. The molecule has 0 aromatic heterocycles. The van der Waals surface area contributed by atoms with Crippen LogP contribution in [0, 0.1) is 0 Å². The van der Waals surface area contributed by atoms with Crippen molar-refractivity contribution in [1.82, 2.24) is 15.5 Å². The van der Waals surface area contributed by atoms with Crippen LogP contribution in [-0.4, -0.2) is 75.8 Å². The Labute approximate surface area is 181 Å². The quantitative estimate of drug-likeness (QED) is 0.323. The van der Waals surface area contributed by atoms with Gasteiger partial charge in [-0.1, -0.05) is 60.7 Å². The number of aliphatic hydroxyl groups is 1. The molecule has 0 aliphatic rings. The Morgan fingerprint density at radius 3 is 1.53 bits per heavy atom. The third-order valence-electron chi connectivity index (χ3n) is 4.71. The van der Waals surface area contributed by atoms with Crippen LogP contribution in [0.2, 0.25) is 0 Å². The Morgan fingerprint density at radius 2 is 1.10 bits per heavy atom. The molecule has 0 atom stereocenters. The molecule has 0 spiro atoms. The average molecular weight is 416 g/mol. The van der Waals surface area contributed by atoms with Crippen molar-refractivity contribution in [3.8, 4) is 0 Å². The maximum absolute atomic E-state index is 9.26. The second kappa shape index (κ2) is 16.9. The highest BCUT2D eigenvalue weighted by Crippen LogP contribution is 1.97. The number of ether oxygens (including phenoxy) is 2. The van der Waals surface area contributed by atoms with Gasteiger partial charge in [-0.3, -0.25) is 4.90 Å². The smallest absolute Gasteiger partial charge is 0.0594 e. The zero-order valence-corrected chi connectivity index (χ0v) is 18.0. The molecule has 0 bridgehead atoms. The van der Waals surface area contributed by atoms with Crippen molar-refractivity contribution >= 4 is 0 Å². The molecule has 6 heteroatoms. The molecule has 0 radical (unpaired) electrons. The molecule has 0 saturated carbocycles. The Kier molecular flexibility index (Phi) is 13.8. The minimum atomic E-state index is 0.150. The van der Waals surface area contributed by atoms with Gasteiger partial charge in [-0.05, 0) is 11.1 Å². The van der Waals surface area contributed by atoms with E-state index in [0.717, 1.165) is 39.3 Å². The van der Waals surface area contributed by atoms with Gasteiger partial charge in [-0.2, -0.15) is 0 Å². The van der Waals surface area contributed by atoms with Gasteiger partial charge in [0, 0.05) is 45.8 Å². The van der Waals surface area contributed by atoms with Crippen molar-refractivity contribution in [2.45, 2.75) is 13.1 Å². The highest BCUT2D eigenvalue weighted by Gasteiger charge is 2.04. The maximum atomic E-state index is 9.26. The summed E-state index contributed by atoms with van der Waals surface area (Å²) in [7, 11) is 0. The van der Waals surface area contributed by atoms with Crippen molar-refractivity contribution in [1.29, 1.82) is 0 Å². The molecule has 2 aromatic rings. The van der Waals surface area contributed by atoms with Crippen LogP contribution in [0.25, 0.3) is 0 Å². The summed E-state index contributed by atoms with van der Waals surface area (Å²) in [5.41, 5.74) is 2.56. The topological polar surface area (TPSA) is 66.0 Å². The fourth-order valence-corrected chi connectivity index (χ4v) is 3.01. The van der Waals surface area contributed by atoms with Gasteiger partial charge < -0.3 is 25.2 Å². The van der Waals surface area contributed by atoms with Crippen LogP contribution in [0.1, 0.15) is 11.1 Å². The Bertz CT molecular complexity index is 575. The van der Waals surface area contributed by atoms with E-state index in [4.69, 9.17) is 9.47 Å². The van der Waals surface area contributed by atoms with Crippen LogP contribution in [0.15, 0.2) is 60.7 Å². The van der Waals surface area contributed by atoms with Gasteiger partial charge in [0.2, 0.25) is 0 Å². The number of hydrogen-bond acceptors (Lipinski definition) is 6. The fraction of sp³-hybridized carbons (Fsp3) is 0.500. The van der Waals surface area contributed by atoms with Crippen LogP contribution in [0.4, 0.5) is 0 Å². The van der Waals surface area contributed by atoms with Gasteiger partial charge in [-0.15, -0.1) is 0 Å². The van der Waals surface area contributed by atoms with Gasteiger partial charge in [0.1, 0.15) is 0 Å². The number of nitrogens with one attached hydrogen (secondary N) is 2. The SMILES string of the molecule is OCCN(CCOCCNCc1ccccc1)CCOCCNCc1ccccc1. The number of benzene rings is 2. The van der Waals surface area contributed by atoms with Crippen molar-refractivity contribution in [2.24, 2.45) is 0 Å². The third kappa shape index (κ3) is 12.0. The first kappa shape index (κ1) is 24.5. The maximum Gasteiger partial charge on any atom is 0.0594 e. The summed E-state index contributed by atoms with van der Waals surface area (Å²) in [6, 6.07) is 20.7. The summed E-state index contributed by atoms with van der Waals surface area (Å²) in [6.45, 7) is 8.45. The predicted molar refractivity (Wildman–Crippen MR) is 121 cm³/mol. The van der Waals surface area contributed by atoms with E-state index < -0.39 is 0 Å². The number of aliphatic hydroxyl groups excluding tert-OH is 1. The summed E-state index contributed by atoms with van der Waals surface area (Å²) in [4.78, 5) is 2.18. The molecule has 0 saturated heterocycles. The molecule has 2 rings (SSSR count). The zero-order valence-electron chi connectivity index (χ0n) is 18.0. The van der Waals surface area contributed by atoms with Gasteiger partial charge in [-0.25, -0.2) is 0 Å². The van der Waals surface area contributed by atoms with E-state index in [2.05, 4.69) is 39.8 Å². The van der Waals surface area contributed by atoms with Crippen molar-refractivity contribution in [3.63, 3.8) is 0 Å². The predicted octanol–water partition coefficient (Wildman–Crippen LogP) is 1.89. The highest BCUT2D eigenvalue weighted by molar-refractivity contribution is 5.14. The van der Waals surface area contributed by atoms with Crippen LogP contribution in [0.5, 0.6) is 0 Å². The van der Waals surface area contributed by atoms with Crippen molar-refractivity contribution in [3.05, 3.63) is 71.8 Å². The Morgan fingerprint density at radius 1 is 0.633 bits per heavy atom. The summed E-state index contributed by atoms with van der Waals surface area (Å²) < 4.78 is 11.4. The lowest BCUT2D eigenvalue weighted by atomic mass is 10.2. The average Bonchev–Trinajstić information content (AvgIpc) is 2.79. The third-order valence-corrected chi connectivity index (χ3v) is 4.71. The monoisotopic (exact) mass is 415 g/mol. The molecular weight excluding hydrogens is 378 g/mol. The van der Waals surface area contributed by atoms with Crippen LogP contribution in [-0.2, 0) is 22.6 Å². The fourth-order valence-electron chi connectivity index (χ4n) is 3.01. The minimum absolute atomic E-state index is 0.150. The molecule has 30 heavy (non-hydrogen) atoms. The molecule has 0 unspecified atom stereocenters. The van der Waals surface area contributed by atoms with Gasteiger partial charge in [0.15, 0.2) is 0 Å². The molecule has 6 nitrogen and oxygen atoms in total. The number of hydrogen-bond donors (Lipinski definition) is 3. The molecule has 3 N–H and O–H groups in total. The highest BCUT2D eigenvalue weighted by atomic mass is 16.5. The molecule has 0 amide bonds. The van der Waals surface area contributed by atoms with E-state index in [1.165, 1.54) is 11.1 Å². The van der Waals surface area contributed by atoms with E-state index in [-0.39, 0.29) is 6.61 Å². The number of nitrogens with zero attached hydrogens (tertiary/aromatic N) is 1. The lowest BCUT2D eigenvalue weighted by molar-refractivity contribution is 0.0684. The van der Waals surface area contributed by atoms with E-state index in [0.29, 0.717) is 33.0 Å². The normalized spacial score (nSPS) is 11.3. The second-order valence-electron chi connectivity index (χ2n) is 7.11. The van der Waals surface area contributed by atoms with Gasteiger partial charge in [0.05, 0.1) is 33.0 Å². The second-order valence-corrected chi connectivity index (χ2v) is 7.11. The van der Waals surface area contributed by atoms with Gasteiger partial charge >= 0.3 is 0 Å². The van der Waals surface area contributed by atoms with Gasteiger partial charge in [0.25, 0.3) is 0 Å². The first-order valence-corrected chi connectivity index (χ1v) is 10.9. The Hall–Kier alpha value is -1.80. The first-order chi connectivity index (χ1) is 14.9. The molecule has 0 aliphatic heterocycles. The zero-order chi connectivity index (χ0) is 21.1. The van der Waals surface area contributed by atoms with E-state index in [1.54, 1.807) is 0 Å². The van der Waals surface area contributed by atoms with Crippen LogP contribution >= 0.6 is 0 Å². The van der Waals surface area contributed by atoms with Crippen LogP contribution < -0.4 is 10.6 Å². The molecule has 2 aromatic carbocycles. The summed E-state index contributed by atoms with van der Waals surface area (Å²) in [5.74, 6) is 0. The molecule has 166 valence electrons. The standard InChI is InChI=1S/C24H37N3O3/c28-16-13-27(14-19-29-17-11-25-21-23-7-3-1-4-8-23)15-20-30-18-12-26-22-24-9-5-2-6-10-24/h1-10,25-26,28H,11-22H2. The molecule has 0 aliphatic carbocycles. The number of rotatable bonds is 18. The minimum Gasteiger partial charge on any atom is -0.395 e. The van der Waals surface area contributed by atoms with E-state index in [1.807, 2.05) is 36.4 Å². The van der Waals surface area contributed by atoms with E-state index >= 15 is 0 Å².